The maximum absolute atomic E-state index is 12.5. The predicted molar refractivity (Wildman–Crippen MR) is 70.9 cm³/mol. The fourth-order valence-corrected chi connectivity index (χ4v) is 2.44. The zero-order valence-corrected chi connectivity index (χ0v) is 12.0. The summed E-state index contributed by atoms with van der Waals surface area (Å²) < 4.78 is 1.64. The van der Waals surface area contributed by atoms with Gasteiger partial charge < -0.3 is 10.2 Å². The van der Waals surface area contributed by atoms with Gasteiger partial charge in [0.2, 0.25) is 0 Å². The van der Waals surface area contributed by atoms with E-state index in [9.17, 15) is 4.79 Å². The molecular formula is C12H19ClN4O. The molecule has 1 aromatic rings. The van der Waals surface area contributed by atoms with Crippen LogP contribution in [0.5, 0.6) is 0 Å². The van der Waals surface area contributed by atoms with Crippen LogP contribution in [0.1, 0.15) is 30.0 Å². The molecule has 6 heteroatoms. The number of aryl methyl sites for hydroxylation is 1. The molecule has 1 fully saturated rings. The van der Waals surface area contributed by atoms with E-state index < -0.39 is 0 Å². The van der Waals surface area contributed by atoms with E-state index in [1.807, 2.05) is 18.7 Å². The Balaban J connectivity index is 2.28. The van der Waals surface area contributed by atoms with Gasteiger partial charge in [0.05, 0.1) is 10.7 Å². The van der Waals surface area contributed by atoms with Gasteiger partial charge in [-0.15, -0.1) is 0 Å². The molecule has 0 aromatic carbocycles. The van der Waals surface area contributed by atoms with Crippen molar-refractivity contribution < 1.29 is 4.79 Å². The van der Waals surface area contributed by atoms with Gasteiger partial charge in [-0.1, -0.05) is 11.6 Å². The molecule has 1 aliphatic heterocycles. The molecule has 0 bridgehead atoms. The predicted octanol–water partition coefficient (Wildman–Crippen LogP) is 1.20. The van der Waals surface area contributed by atoms with Gasteiger partial charge in [-0.25, -0.2) is 0 Å². The van der Waals surface area contributed by atoms with Crippen LogP contribution in [-0.4, -0.2) is 45.8 Å². The van der Waals surface area contributed by atoms with E-state index in [-0.39, 0.29) is 18.0 Å². The van der Waals surface area contributed by atoms with Crippen molar-refractivity contribution in [1.82, 2.24) is 20.0 Å². The Bertz CT molecular complexity index is 471. The Morgan fingerprint density at radius 3 is 2.72 bits per heavy atom. The summed E-state index contributed by atoms with van der Waals surface area (Å²) >= 11 is 6.17. The molecule has 18 heavy (non-hydrogen) atoms. The number of carbonyl (C=O) groups excluding carboxylic acids is 1. The summed E-state index contributed by atoms with van der Waals surface area (Å²) in [5.74, 6) is -0.0791. The number of piperazine rings is 1. The van der Waals surface area contributed by atoms with E-state index in [1.165, 1.54) is 0 Å². The van der Waals surface area contributed by atoms with Crippen LogP contribution in [0, 0.1) is 6.92 Å². The Morgan fingerprint density at radius 1 is 1.50 bits per heavy atom. The highest BCUT2D eigenvalue weighted by atomic mass is 35.5. The van der Waals surface area contributed by atoms with Crippen LogP contribution in [0.2, 0.25) is 5.02 Å². The van der Waals surface area contributed by atoms with Crippen LogP contribution in [0.15, 0.2) is 0 Å². The minimum absolute atomic E-state index is 0.0791. The molecule has 1 N–H and O–H groups in total. The van der Waals surface area contributed by atoms with Crippen molar-refractivity contribution in [3.8, 4) is 0 Å². The van der Waals surface area contributed by atoms with Gasteiger partial charge in [0.15, 0.2) is 5.69 Å². The van der Waals surface area contributed by atoms with Gasteiger partial charge in [0.25, 0.3) is 5.91 Å². The molecule has 1 aliphatic rings. The second-order valence-electron chi connectivity index (χ2n) is 4.85. The normalized spacial score (nSPS) is 24.4. The van der Waals surface area contributed by atoms with E-state index in [4.69, 9.17) is 11.6 Å². The number of rotatable bonds is 1. The molecule has 2 rings (SSSR count). The van der Waals surface area contributed by atoms with Crippen molar-refractivity contribution in [3.05, 3.63) is 16.4 Å². The lowest BCUT2D eigenvalue weighted by molar-refractivity contribution is 0.0596. The van der Waals surface area contributed by atoms with Gasteiger partial charge in [-0.3, -0.25) is 9.48 Å². The second-order valence-corrected chi connectivity index (χ2v) is 5.23. The summed E-state index contributed by atoms with van der Waals surface area (Å²) in [5, 5.41) is 8.02. The molecule has 2 atom stereocenters. The molecule has 0 radical (unpaired) electrons. The van der Waals surface area contributed by atoms with Crippen molar-refractivity contribution >= 4 is 17.5 Å². The lowest BCUT2D eigenvalue weighted by Crippen LogP contribution is -2.57. The van der Waals surface area contributed by atoms with Crippen molar-refractivity contribution in [2.45, 2.75) is 32.9 Å². The third-order valence-electron chi connectivity index (χ3n) is 3.76. The quantitative estimate of drug-likeness (QED) is 0.834. The molecule has 1 aromatic heterocycles. The van der Waals surface area contributed by atoms with Crippen LogP contribution >= 0.6 is 11.6 Å². The average Bonchev–Trinajstić information content (AvgIpc) is 2.60. The van der Waals surface area contributed by atoms with Crippen LogP contribution in [0.4, 0.5) is 0 Å². The summed E-state index contributed by atoms with van der Waals surface area (Å²) in [6, 6.07) is 0.427. The Morgan fingerprint density at radius 2 is 2.17 bits per heavy atom. The third-order valence-corrected chi connectivity index (χ3v) is 4.21. The van der Waals surface area contributed by atoms with Crippen molar-refractivity contribution in [1.29, 1.82) is 0 Å². The van der Waals surface area contributed by atoms with Crippen molar-refractivity contribution in [2.24, 2.45) is 7.05 Å². The van der Waals surface area contributed by atoms with Crippen molar-refractivity contribution in [2.75, 3.05) is 13.1 Å². The zero-order chi connectivity index (χ0) is 13.4. The number of hydrogen-bond acceptors (Lipinski definition) is 3. The molecule has 0 spiro atoms. The molecule has 0 aliphatic carbocycles. The van der Waals surface area contributed by atoms with Crippen LogP contribution in [0.3, 0.4) is 0 Å². The summed E-state index contributed by atoms with van der Waals surface area (Å²) in [4.78, 5) is 14.3. The maximum atomic E-state index is 12.5. The topological polar surface area (TPSA) is 50.2 Å². The number of halogens is 1. The molecular weight excluding hydrogens is 252 g/mol. The van der Waals surface area contributed by atoms with E-state index in [1.54, 1.807) is 11.7 Å². The van der Waals surface area contributed by atoms with Gasteiger partial charge in [-0.2, -0.15) is 5.10 Å². The van der Waals surface area contributed by atoms with E-state index >= 15 is 0 Å². The highest BCUT2D eigenvalue weighted by molar-refractivity contribution is 6.34. The molecule has 0 saturated carbocycles. The summed E-state index contributed by atoms with van der Waals surface area (Å²) in [5.41, 5.74) is 1.17. The lowest BCUT2D eigenvalue weighted by atomic mass is 10.1. The zero-order valence-electron chi connectivity index (χ0n) is 11.2. The second kappa shape index (κ2) is 4.90. The number of amides is 1. The number of hydrogen-bond donors (Lipinski definition) is 1. The van der Waals surface area contributed by atoms with Crippen LogP contribution in [-0.2, 0) is 7.05 Å². The number of nitrogens with zero attached hydrogens (tertiary/aromatic N) is 3. The van der Waals surface area contributed by atoms with E-state index in [0.717, 1.165) is 12.2 Å². The Hall–Kier alpha value is -1.07. The minimum atomic E-state index is -0.0791. The molecule has 100 valence electrons. The number of nitrogens with one attached hydrogen (secondary N) is 1. The molecule has 2 heterocycles. The van der Waals surface area contributed by atoms with Gasteiger partial charge >= 0.3 is 0 Å². The first-order chi connectivity index (χ1) is 8.43. The molecule has 1 saturated heterocycles. The Labute approximate surface area is 112 Å². The van der Waals surface area contributed by atoms with Crippen LogP contribution < -0.4 is 5.32 Å². The van der Waals surface area contributed by atoms with E-state index in [0.29, 0.717) is 17.3 Å². The molecule has 5 nitrogen and oxygen atoms in total. The van der Waals surface area contributed by atoms with E-state index in [2.05, 4.69) is 17.3 Å². The monoisotopic (exact) mass is 270 g/mol. The number of aromatic nitrogens is 2. The Kier molecular flexibility index (Phi) is 3.64. The highest BCUT2D eigenvalue weighted by Gasteiger charge is 2.31. The maximum Gasteiger partial charge on any atom is 0.276 e. The first-order valence-electron chi connectivity index (χ1n) is 6.17. The summed E-state index contributed by atoms with van der Waals surface area (Å²) in [6.45, 7) is 7.47. The van der Waals surface area contributed by atoms with Gasteiger partial charge in [0.1, 0.15) is 0 Å². The molecule has 1 amide bonds. The van der Waals surface area contributed by atoms with Gasteiger partial charge in [0, 0.05) is 32.2 Å². The summed E-state index contributed by atoms with van der Waals surface area (Å²) in [7, 11) is 1.79. The fourth-order valence-electron chi connectivity index (χ4n) is 2.20. The first-order valence-corrected chi connectivity index (χ1v) is 6.54. The standard InChI is InChI=1S/C12H19ClN4O/c1-7-8(2)17(6-5-14-7)12(18)11-10(13)9(3)16(4)15-11/h7-8,14H,5-6H2,1-4H3. The smallest absolute Gasteiger partial charge is 0.276 e. The third kappa shape index (κ3) is 2.12. The van der Waals surface area contributed by atoms with Crippen molar-refractivity contribution in [3.63, 3.8) is 0 Å². The summed E-state index contributed by atoms with van der Waals surface area (Å²) in [6.07, 6.45) is 0. The van der Waals surface area contributed by atoms with Crippen LogP contribution in [0.25, 0.3) is 0 Å². The lowest BCUT2D eigenvalue weighted by Gasteiger charge is -2.38. The first kappa shape index (κ1) is 13.4. The SMILES string of the molecule is Cc1c(Cl)c(C(=O)N2CCNC(C)C2C)nn1C. The average molecular weight is 271 g/mol. The minimum Gasteiger partial charge on any atom is -0.332 e. The fraction of sp³-hybridized carbons (Fsp3) is 0.667. The molecule has 2 unspecified atom stereocenters. The number of carbonyl (C=O) groups is 1. The largest absolute Gasteiger partial charge is 0.332 e. The highest BCUT2D eigenvalue weighted by Crippen LogP contribution is 2.22. The van der Waals surface area contributed by atoms with Gasteiger partial charge in [-0.05, 0) is 20.8 Å².